The van der Waals surface area contributed by atoms with Gasteiger partial charge in [-0.15, -0.1) is 0 Å². The van der Waals surface area contributed by atoms with E-state index in [0.29, 0.717) is 12.8 Å². The van der Waals surface area contributed by atoms with Crippen molar-refractivity contribution >= 4 is 6.09 Å². The number of amides is 1. The summed E-state index contributed by atoms with van der Waals surface area (Å²) >= 11 is 0. The predicted molar refractivity (Wildman–Crippen MR) is 69.7 cm³/mol. The summed E-state index contributed by atoms with van der Waals surface area (Å²) in [4.78, 5) is 13.6. The molecule has 1 N–H and O–H groups in total. The molecule has 20 heavy (non-hydrogen) atoms. The summed E-state index contributed by atoms with van der Waals surface area (Å²) in [6.45, 7) is 5.14. The Kier molecular flexibility index (Phi) is 3.73. The Balaban J connectivity index is 2.26. The van der Waals surface area contributed by atoms with Gasteiger partial charge in [0.1, 0.15) is 11.7 Å². The van der Waals surface area contributed by atoms with Crippen LogP contribution in [-0.4, -0.2) is 45.8 Å². The quantitative estimate of drug-likeness (QED) is 0.746. The Labute approximate surface area is 118 Å². The Morgan fingerprint density at radius 3 is 2.30 bits per heavy atom. The van der Waals surface area contributed by atoms with Crippen LogP contribution >= 0.6 is 0 Å². The first-order valence-corrected chi connectivity index (χ1v) is 7.15. The van der Waals surface area contributed by atoms with Gasteiger partial charge >= 0.3 is 6.09 Å². The van der Waals surface area contributed by atoms with Gasteiger partial charge in [-0.1, -0.05) is 12.8 Å². The van der Waals surface area contributed by atoms with Crippen LogP contribution in [0.3, 0.4) is 0 Å². The van der Waals surface area contributed by atoms with E-state index in [-0.39, 0.29) is 6.54 Å². The fourth-order valence-corrected chi connectivity index (χ4v) is 3.28. The van der Waals surface area contributed by atoms with E-state index in [1.54, 1.807) is 20.8 Å². The van der Waals surface area contributed by atoms with Crippen LogP contribution in [-0.2, 0) is 4.74 Å². The lowest BCUT2D eigenvalue weighted by atomic mass is 9.80. The lowest BCUT2D eigenvalue weighted by Gasteiger charge is -2.50. The van der Waals surface area contributed by atoms with Gasteiger partial charge in [0.25, 0.3) is 5.92 Å². The van der Waals surface area contributed by atoms with Crippen molar-refractivity contribution in [2.75, 3.05) is 6.54 Å². The van der Waals surface area contributed by atoms with E-state index in [1.807, 2.05) is 0 Å². The van der Waals surface area contributed by atoms with Crippen molar-refractivity contribution in [1.82, 2.24) is 4.90 Å². The second-order valence-electron chi connectivity index (χ2n) is 6.86. The van der Waals surface area contributed by atoms with Crippen LogP contribution in [0, 0.1) is 0 Å². The summed E-state index contributed by atoms with van der Waals surface area (Å²) in [6, 6.07) is 0. The maximum Gasteiger partial charge on any atom is 0.410 e. The average Bonchev–Trinajstić information content (AvgIpc) is 2.74. The summed E-state index contributed by atoms with van der Waals surface area (Å²) in [6.07, 6.45) is -0.632. The molecule has 0 aromatic carbocycles. The second kappa shape index (κ2) is 4.83. The highest BCUT2D eigenvalue weighted by Crippen LogP contribution is 2.47. The van der Waals surface area contributed by atoms with Gasteiger partial charge in [0.15, 0.2) is 0 Å². The van der Waals surface area contributed by atoms with E-state index in [4.69, 9.17) is 4.74 Å². The van der Waals surface area contributed by atoms with Crippen LogP contribution < -0.4 is 0 Å². The first-order chi connectivity index (χ1) is 9.08. The van der Waals surface area contributed by atoms with Gasteiger partial charge in [0.2, 0.25) is 0 Å². The number of carbonyl (C=O) groups is 1. The minimum absolute atomic E-state index is 0.0705. The summed E-state index contributed by atoms with van der Waals surface area (Å²) in [5.74, 6) is -3.14. The van der Waals surface area contributed by atoms with Gasteiger partial charge in [0.05, 0.1) is 5.54 Å². The average molecular weight is 291 g/mol. The van der Waals surface area contributed by atoms with Crippen LogP contribution in [0.4, 0.5) is 13.6 Å². The fraction of sp³-hybridized carbons (Fsp3) is 0.929. The summed E-state index contributed by atoms with van der Waals surface area (Å²) in [5.41, 5.74) is -1.84. The largest absolute Gasteiger partial charge is 0.444 e. The topological polar surface area (TPSA) is 49.8 Å². The summed E-state index contributed by atoms with van der Waals surface area (Å²) in [5, 5.41) is 10.1. The number of likely N-dealkylation sites (tertiary alicyclic amines) is 1. The molecule has 0 aromatic rings. The molecule has 1 heterocycles. The van der Waals surface area contributed by atoms with E-state index in [9.17, 15) is 18.7 Å². The molecule has 1 saturated carbocycles. The first kappa shape index (κ1) is 15.5. The predicted octanol–water partition coefficient (Wildman–Crippen LogP) is 2.94. The summed E-state index contributed by atoms with van der Waals surface area (Å²) in [7, 11) is 0. The van der Waals surface area contributed by atoms with E-state index in [0.717, 1.165) is 12.8 Å². The van der Waals surface area contributed by atoms with Crippen molar-refractivity contribution in [3.8, 4) is 0 Å². The standard InChI is InChI=1S/C14H23F2NO3/c1-12(2,3)20-11(19)17-9-8-14(15,16)10(18)13(17)6-4-5-7-13/h10,18H,4-9H2,1-3H3. The first-order valence-electron chi connectivity index (χ1n) is 7.15. The molecular weight excluding hydrogens is 268 g/mol. The fourth-order valence-electron chi connectivity index (χ4n) is 3.28. The zero-order valence-electron chi connectivity index (χ0n) is 12.3. The third kappa shape index (κ3) is 2.62. The number of carbonyl (C=O) groups excluding carboxylic acids is 1. The number of piperidine rings is 1. The number of alkyl halides is 2. The Morgan fingerprint density at radius 2 is 1.80 bits per heavy atom. The molecule has 1 aliphatic heterocycles. The molecule has 1 aliphatic carbocycles. The molecule has 116 valence electrons. The molecule has 0 bridgehead atoms. The van der Waals surface area contributed by atoms with Crippen molar-refractivity contribution in [2.45, 2.75) is 76.0 Å². The highest BCUT2D eigenvalue weighted by Gasteiger charge is 2.61. The maximum atomic E-state index is 13.8. The maximum absolute atomic E-state index is 13.8. The SMILES string of the molecule is CC(C)(C)OC(=O)N1CCC(F)(F)C(O)C12CCCC2. The number of halogens is 2. The zero-order valence-corrected chi connectivity index (χ0v) is 12.3. The number of hydrogen-bond acceptors (Lipinski definition) is 3. The minimum Gasteiger partial charge on any atom is -0.444 e. The van der Waals surface area contributed by atoms with Gasteiger partial charge in [0, 0.05) is 13.0 Å². The van der Waals surface area contributed by atoms with E-state index in [1.165, 1.54) is 4.90 Å². The highest BCUT2D eigenvalue weighted by atomic mass is 19.3. The Morgan fingerprint density at radius 1 is 1.25 bits per heavy atom. The van der Waals surface area contributed by atoms with Gasteiger partial charge in [-0.2, -0.15) is 0 Å². The molecule has 4 nitrogen and oxygen atoms in total. The van der Waals surface area contributed by atoms with Crippen LogP contribution in [0.15, 0.2) is 0 Å². The molecule has 1 atom stereocenters. The van der Waals surface area contributed by atoms with E-state index < -0.39 is 35.7 Å². The number of ether oxygens (including phenoxy) is 1. The van der Waals surface area contributed by atoms with Crippen molar-refractivity contribution in [2.24, 2.45) is 0 Å². The Hall–Kier alpha value is -0.910. The van der Waals surface area contributed by atoms with Crippen molar-refractivity contribution in [1.29, 1.82) is 0 Å². The number of hydrogen-bond donors (Lipinski definition) is 1. The van der Waals surface area contributed by atoms with Crippen LogP contribution in [0.5, 0.6) is 0 Å². The number of aliphatic hydroxyl groups excluding tert-OH is 1. The normalized spacial score (nSPS) is 28.7. The van der Waals surface area contributed by atoms with Crippen LogP contribution in [0.25, 0.3) is 0 Å². The molecule has 2 rings (SSSR count). The lowest BCUT2D eigenvalue weighted by Crippen LogP contribution is -2.67. The second-order valence-corrected chi connectivity index (χ2v) is 6.86. The number of nitrogens with zero attached hydrogens (tertiary/aromatic N) is 1. The van der Waals surface area contributed by atoms with Gasteiger partial charge in [-0.05, 0) is 33.6 Å². The molecule has 2 aliphatic rings. The third-order valence-electron chi connectivity index (χ3n) is 4.20. The molecule has 1 saturated heterocycles. The monoisotopic (exact) mass is 291 g/mol. The molecule has 1 amide bonds. The molecule has 2 fully saturated rings. The van der Waals surface area contributed by atoms with Gasteiger partial charge in [-0.25, -0.2) is 13.6 Å². The molecule has 1 spiro atoms. The third-order valence-corrected chi connectivity index (χ3v) is 4.20. The molecular formula is C14H23F2NO3. The highest BCUT2D eigenvalue weighted by molar-refractivity contribution is 5.70. The van der Waals surface area contributed by atoms with Crippen molar-refractivity contribution in [3.05, 3.63) is 0 Å². The molecule has 1 unspecified atom stereocenters. The molecule has 0 aromatic heterocycles. The van der Waals surface area contributed by atoms with E-state index in [2.05, 4.69) is 0 Å². The molecule has 6 heteroatoms. The smallest absolute Gasteiger partial charge is 0.410 e. The lowest BCUT2D eigenvalue weighted by molar-refractivity contribution is -0.200. The number of aliphatic hydroxyl groups is 1. The van der Waals surface area contributed by atoms with E-state index >= 15 is 0 Å². The minimum atomic E-state index is -3.14. The summed E-state index contributed by atoms with van der Waals surface area (Å²) < 4.78 is 33.0. The number of rotatable bonds is 0. The molecule has 0 radical (unpaired) electrons. The van der Waals surface area contributed by atoms with Crippen LogP contribution in [0.1, 0.15) is 52.9 Å². The zero-order chi connectivity index (χ0) is 15.2. The van der Waals surface area contributed by atoms with Crippen LogP contribution in [0.2, 0.25) is 0 Å². The van der Waals surface area contributed by atoms with Gasteiger partial charge < -0.3 is 9.84 Å². The van der Waals surface area contributed by atoms with Gasteiger partial charge in [-0.3, -0.25) is 4.90 Å². The Bertz CT molecular complexity index is 386. The van der Waals surface area contributed by atoms with Crippen molar-refractivity contribution < 1.29 is 23.4 Å². The van der Waals surface area contributed by atoms with Crippen molar-refractivity contribution in [3.63, 3.8) is 0 Å².